The molecule has 0 spiro atoms. The Morgan fingerprint density at radius 2 is 2.20 bits per heavy atom. The van der Waals surface area contributed by atoms with Gasteiger partial charge in [0.2, 0.25) is 0 Å². The number of hydrogen-bond donors (Lipinski definition) is 0. The van der Waals surface area contributed by atoms with E-state index in [1.165, 1.54) is 12.4 Å². The van der Waals surface area contributed by atoms with Crippen molar-refractivity contribution in [3.05, 3.63) is 28.8 Å². The molecule has 0 aromatic carbocycles. The van der Waals surface area contributed by atoms with Crippen LogP contribution >= 0.6 is 23.2 Å². The summed E-state index contributed by atoms with van der Waals surface area (Å²) in [6.07, 6.45) is 2.60. The normalized spacial score (nSPS) is 9.90. The first-order valence-electron chi connectivity index (χ1n) is 2.59. The third kappa shape index (κ3) is 1.39. The van der Waals surface area contributed by atoms with E-state index in [0.717, 1.165) is 0 Å². The Morgan fingerprint density at radius 3 is 2.70 bits per heavy atom. The van der Waals surface area contributed by atoms with Crippen molar-refractivity contribution in [3.8, 4) is 0 Å². The molecule has 1 aromatic heterocycles. The van der Waals surface area contributed by atoms with Crippen molar-refractivity contribution in [1.29, 1.82) is 0 Å². The van der Waals surface area contributed by atoms with Gasteiger partial charge in [-0.3, -0.25) is 4.98 Å². The van der Waals surface area contributed by atoms with Gasteiger partial charge < -0.3 is 0 Å². The standard InChI is InChI=1S/C6H4Cl2FN/c7-1-4-2-10-3-5(8)6(4)9/h2-3H,1H2. The maximum absolute atomic E-state index is 12.7. The van der Waals surface area contributed by atoms with Gasteiger partial charge in [0.1, 0.15) is 5.82 Å². The molecule has 0 fully saturated rings. The summed E-state index contributed by atoms with van der Waals surface area (Å²) in [6, 6.07) is 0. The summed E-state index contributed by atoms with van der Waals surface area (Å²) in [5.41, 5.74) is 0.328. The molecule has 1 rings (SSSR count). The van der Waals surface area contributed by atoms with Gasteiger partial charge in [0.25, 0.3) is 0 Å². The molecule has 10 heavy (non-hydrogen) atoms. The summed E-state index contributed by atoms with van der Waals surface area (Å²) in [5, 5.41) is 0.0122. The first-order chi connectivity index (χ1) is 4.75. The first kappa shape index (κ1) is 7.76. The molecule has 54 valence electrons. The average molecular weight is 180 g/mol. The molecule has 0 saturated carbocycles. The van der Waals surface area contributed by atoms with E-state index in [1.807, 2.05) is 0 Å². The summed E-state index contributed by atoms with van der Waals surface area (Å²) >= 11 is 10.8. The van der Waals surface area contributed by atoms with Crippen LogP contribution in [0.15, 0.2) is 12.4 Å². The van der Waals surface area contributed by atoms with Crippen molar-refractivity contribution in [1.82, 2.24) is 4.98 Å². The van der Waals surface area contributed by atoms with Gasteiger partial charge in [-0.25, -0.2) is 4.39 Å². The highest BCUT2D eigenvalue weighted by atomic mass is 35.5. The van der Waals surface area contributed by atoms with Crippen molar-refractivity contribution in [3.63, 3.8) is 0 Å². The molecule has 0 aliphatic heterocycles. The number of pyridine rings is 1. The van der Waals surface area contributed by atoms with Crippen LogP contribution < -0.4 is 0 Å². The molecule has 0 amide bonds. The summed E-state index contributed by atoms with van der Waals surface area (Å²) in [4.78, 5) is 3.66. The van der Waals surface area contributed by atoms with Crippen LogP contribution in [0.25, 0.3) is 0 Å². The lowest BCUT2D eigenvalue weighted by Gasteiger charge is -1.96. The van der Waals surface area contributed by atoms with E-state index in [9.17, 15) is 4.39 Å². The molecular weight excluding hydrogens is 176 g/mol. The van der Waals surface area contributed by atoms with Gasteiger partial charge in [-0.15, -0.1) is 11.6 Å². The quantitative estimate of drug-likeness (QED) is 0.605. The van der Waals surface area contributed by atoms with Gasteiger partial charge in [0.15, 0.2) is 0 Å². The van der Waals surface area contributed by atoms with Gasteiger partial charge in [0.05, 0.1) is 10.9 Å². The molecule has 0 aliphatic rings. The minimum Gasteiger partial charge on any atom is -0.263 e. The van der Waals surface area contributed by atoms with E-state index in [-0.39, 0.29) is 10.9 Å². The molecule has 0 bridgehead atoms. The monoisotopic (exact) mass is 179 g/mol. The maximum atomic E-state index is 12.7. The molecule has 0 aliphatic carbocycles. The molecule has 0 N–H and O–H groups in total. The number of rotatable bonds is 1. The minimum absolute atomic E-state index is 0.0122. The lowest BCUT2D eigenvalue weighted by Crippen LogP contribution is -1.88. The molecule has 1 aromatic rings. The number of halogens is 3. The predicted octanol–water partition coefficient (Wildman–Crippen LogP) is 2.61. The van der Waals surface area contributed by atoms with Crippen LogP contribution in [0.3, 0.4) is 0 Å². The topological polar surface area (TPSA) is 12.9 Å². The molecular formula is C6H4Cl2FN. The fourth-order valence-corrected chi connectivity index (χ4v) is 0.917. The van der Waals surface area contributed by atoms with Crippen LogP contribution in [-0.2, 0) is 5.88 Å². The second-order valence-electron chi connectivity index (χ2n) is 1.73. The third-order valence-corrected chi connectivity index (χ3v) is 1.61. The Labute approximate surface area is 67.8 Å². The Morgan fingerprint density at radius 1 is 1.50 bits per heavy atom. The average Bonchev–Trinajstić information content (AvgIpc) is 1.95. The smallest absolute Gasteiger partial charge is 0.149 e. The highest BCUT2D eigenvalue weighted by Crippen LogP contribution is 2.16. The van der Waals surface area contributed by atoms with E-state index in [2.05, 4.69) is 4.98 Å². The highest BCUT2D eigenvalue weighted by Gasteiger charge is 2.04. The second kappa shape index (κ2) is 3.17. The van der Waals surface area contributed by atoms with Crippen LogP contribution in [-0.4, -0.2) is 4.98 Å². The summed E-state index contributed by atoms with van der Waals surface area (Å²) < 4.78 is 12.7. The van der Waals surface area contributed by atoms with Gasteiger partial charge in [-0.05, 0) is 0 Å². The SMILES string of the molecule is Fc1c(Cl)cncc1CCl. The molecule has 1 nitrogen and oxygen atoms in total. The number of nitrogens with zero attached hydrogens (tertiary/aromatic N) is 1. The lowest BCUT2D eigenvalue weighted by atomic mass is 10.3. The number of alkyl halides is 1. The van der Waals surface area contributed by atoms with Crippen molar-refractivity contribution >= 4 is 23.2 Å². The summed E-state index contributed by atoms with van der Waals surface area (Å²) in [6.45, 7) is 0. The maximum Gasteiger partial charge on any atom is 0.149 e. The Balaban J connectivity index is 3.14. The van der Waals surface area contributed by atoms with Crippen LogP contribution in [0, 0.1) is 5.82 Å². The lowest BCUT2D eigenvalue weighted by molar-refractivity contribution is 0.614. The predicted molar refractivity (Wildman–Crippen MR) is 38.8 cm³/mol. The van der Waals surface area contributed by atoms with Crippen LogP contribution in [0.4, 0.5) is 4.39 Å². The van der Waals surface area contributed by atoms with Crippen molar-refractivity contribution in [2.24, 2.45) is 0 Å². The molecule has 0 radical (unpaired) electrons. The van der Waals surface area contributed by atoms with Crippen molar-refractivity contribution < 1.29 is 4.39 Å². The van der Waals surface area contributed by atoms with Crippen LogP contribution in [0.5, 0.6) is 0 Å². The molecule has 0 saturated heterocycles. The molecule has 0 unspecified atom stereocenters. The largest absolute Gasteiger partial charge is 0.263 e. The van der Waals surface area contributed by atoms with E-state index >= 15 is 0 Å². The summed E-state index contributed by atoms with van der Waals surface area (Å²) in [7, 11) is 0. The highest BCUT2D eigenvalue weighted by molar-refractivity contribution is 6.30. The van der Waals surface area contributed by atoms with E-state index in [1.54, 1.807) is 0 Å². The molecule has 1 heterocycles. The number of aromatic nitrogens is 1. The fourth-order valence-electron chi connectivity index (χ4n) is 0.553. The van der Waals surface area contributed by atoms with Crippen LogP contribution in [0.2, 0.25) is 5.02 Å². The molecule has 0 atom stereocenters. The zero-order chi connectivity index (χ0) is 7.56. The van der Waals surface area contributed by atoms with E-state index in [0.29, 0.717) is 5.56 Å². The first-order valence-corrected chi connectivity index (χ1v) is 3.51. The van der Waals surface area contributed by atoms with E-state index in [4.69, 9.17) is 23.2 Å². The fraction of sp³-hybridized carbons (Fsp3) is 0.167. The van der Waals surface area contributed by atoms with Gasteiger partial charge >= 0.3 is 0 Å². The Bertz CT molecular complexity index is 239. The summed E-state index contributed by atoms with van der Waals surface area (Å²) in [5.74, 6) is -0.383. The van der Waals surface area contributed by atoms with Gasteiger partial charge in [-0.2, -0.15) is 0 Å². The van der Waals surface area contributed by atoms with Gasteiger partial charge in [-0.1, -0.05) is 11.6 Å². The molecule has 4 heteroatoms. The zero-order valence-electron chi connectivity index (χ0n) is 4.94. The zero-order valence-corrected chi connectivity index (χ0v) is 6.45. The van der Waals surface area contributed by atoms with E-state index < -0.39 is 5.82 Å². The Hall–Kier alpha value is -0.340. The third-order valence-electron chi connectivity index (χ3n) is 1.05. The minimum atomic E-state index is -0.480. The van der Waals surface area contributed by atoms with Crippen LogP contribution in [0.1, 0.15) is 5.56 Å². The second-order valence-corrected chi connectivity index (χ2v) is 2.40. The van der Waals surface area contributed by atoms with Crippen molar-refractivity contribution in [2.45, 2.75) is 5.88 Å². The van der Waals surface area contributed by atoms with Gasteiger partial charge in [0, 0.05) is 18.0 Å². The van der Waals surface area contributed by atoms with Crippen molar-refractivity contribution in [2.75, 3.05) is 0 Å². The number of hydrogen-bond acceptors (Lipinski definition) is 1. The Kier molecular flexibility index (Phi) is 2.46.